The number of amides is 1. The van der Waals surface area contributed by atoms with E-state index in [9.17, 15) is 4.79 Å². The van der Waals surface area contributed by atoms with Gasteiger partial charge in [-0.1, -0.05) is 25.5 Å². The topological polar surface area (TPSA) is 32.3 Å². The molecule has 0 bridgehead atoms. The molecule has 1 N–H and O–H groups in total. The largest absolute Gasteiger partial charge is 0.338 e. The molecule has 3 nitrogen and oxygen atoms in total. The minimum absolute atomic E-state index is 0.0643. The van der Waals surface area contributed by atoms with Gasteiger partial charge in [-0.2, -0.15) is 0 Å². The third-order valence-corrected chi connectivity index (χ3v) is 4.09. The van der Waals surface area contributed by atoms with E-state index in [0.29, 0.717) is 5.91 Å². The highest BCUT2D eigenvalue weighted by molar-refractivity contribution is 5.83. The van der Waals surface area contributed by atoms with Gasteiger partial charge in [0.25, 0.3) is 0 Å². The number of rotatable bonds is 3. The highest BCUT2D eigenvalue weighted by atomic mass is 16.2. The number of hydrogen-bond acceptors (Lipinski definition) is 2. The highest BCUT2D eigenvalue weighted by Gasteiger charge is 2.40. The van der Waals surface area contributed by atoms with E-state index in [4.69, 9.17) is 0 Å². The van der Waals surface area contributed by atoms with Crippen molar-refractivity contribution in [2.24, 2.45) is 5.41 Å². The van der Waals surface area contributed by atoms with Crippen molar-refractivity contribution in [1.29, 1.82) is 0 Å². The van der Waals surface area contributed by atoms with E-state index in [1.807, 2.05) is 0 Å². The molecule has 2 aliphatic heterocycles. The zero-order valence-electron chi connectivity index (χ0n) is 10.9. The zero-order valence-corrected chi connectivity index (χ0v) is 10.9. The molecule has 0 unspecified atom stereocenters. The lowest BCUT2D eigenvalue weighted by Crippen LogP contribution is -2.50. The molecule has 0 atom stereocenters. The summed E-state index contributed by atoms with van der Waals surface area (Å²) in [7, 11) is 0. The van der Waals surface area contributed by atoms with Crippen molar-refractivity contribution in [2.45, 2.75) is 39.0 Å². The van der Waals surface area contributed by atoms with Crippen molar-refractivity contribution in [3.8, 4) is 0 Å². The van der Waals surface area contributed by atoms with Crippen molar-refractivity contribution in [3.05, 3.63) is 12.2 Å². The van der Waals surface area contributed by atoms with Gasteiger partial charge in [0.2, 0.25) is 5.91 Å². The summed E-state index contributed by atoms with van der Waals surface area (Å²) in [6.45, 7) is 5.91. The number of nitrogens with one attached hydrogen (secondary N) is 1. The fraction of sp³-hybridized carbons (Fsp3) is 0.786. The molecule has 0 spiro atoms. The molecule has 2 aliphatic rings. The van der Waals surface area contributed by atoms with Gasteiger partial charge in [-0.25, -0.2) is 0 Å². The van der Waals surface area contributed by atoms with Crippen LogP contribution in [-0.2, 0) is 4.79 Å². The van der Waals surface area contributed by atoms with Crippen LogP contribution in [0.5, 0.6) is 0 Å². The Balaban J connectivity index is 2.08. The van der Waals surface area contributed by atoms with Crippen molar-refractivity contribution in [3.63, 3.8) is 0 Å². The molecular weight excluding hydrogens is 212 g/mol. The molecule has 17 heavy (non-hydrogen) atoms. The molecule has 0 saturated carbocycles. The van der Waals surface area contributed by atoms with Gasteiger partial charge in [0, 0.05) is 13.1 Å². The lowest BCUT2D eigenvalue weighted by Gasteiger charge is -2.40. The summed E-state index contributed by atoms with van der Waals surface area (Å²) in [6, 6.07) is 0. The van der Waals surface area contributed by atoms with Crippen LogP contribution in [0.25, 0.3) is 0 Å². The van der Waals surface area contributed by atoms with Crippen molar-refractivity contribution < 1.29 is 4.79 Å². The second kappa shape index (κ2) is 5.67. The van der Waals surface area contributed by atoms with E-state index >= 15 is 0 Å². The van der Waals surface area contributed by atoms with Crippen LogP contribution in [0.15, 0.2) is 12.2 Å². The van der Waals surface area contributed by atoms with E-state index < -0.39 is 0 Å². The first kappa shape index (κ1) is 12.6. The molecule has 0 radical (unpaired) electrons. The molecule has 2 rings (SSSR count). The average molecular weight is 236 g/mol. The Morgan fingerprint density at radius 3 is 2.71 bits per heavy atom. The van der Waals surface area contributed by atoms with Crippen molar-refractivity contribution in [1.82, 2.24) is 10.2 Å². The summed E-state index contributed by atoms with van der Waals surface area (Å²) in [5, 5.41) is 3.37. The standard InChI is InChI=1S/C14H24N2O/c1-2-6-14(7-9-15-10-8-14)13(17)16-11-4-3-5-12-16/h3-4,15H,2,5-12H2,1H3. The quantitative estimate of drug-likeness (QED) is 0.760. The molecule has 1 saturated heterocycles. The molecule has 1 amide bonds. The van der Waals surface area contributed by atoms with E-state index in [1.165, 1.54) is 0 Å². The molecule has 1 fully saturated rings. The number of hydrogen-bond donors (Lipinski definition) is 1. The summed E-state index contributed by atoms with van der Waals surface area (Å²) in [5.41, 5.74) is -0.0643. The summed E-state index contributed by atoms with van der Waals surface area (Å²) in [6.07, 6.45) is 9.51. The van der Waals surface area contributed by atoms with Crippen LogP contribution in [0, 0.1) is 5.41 Å². The number of nitrogens with zero attached hydrogens (tertiary/aromatic N) is 1. The fourth-order valence-electron chi connectivity index (χ4n) is 3.12. The molecular formula is C14H24N2O. The minimum Gasteiger partial charge on any atom is -0.338 e. The second-order valence-corrected chi connectivity index (χ2v) is 5.29. The summed E-state index contributed by atoms with van der Waals surface area (Å²) >= 11 is 0. The first-order valence-electron chi connectivity index (χ1n) is 6.93. The van der Waals surface area contributed by atoms with Crippen LogP contribution in [-0.4, -0.2) is 37.0 Å². The SMILES string of the molecule is CCCC1(C(=O)N2CC=CCC2)CCNCC1. The fourth-order valence-corrected chi connectivity index (χ4v) is 3.12. The van der Waals surface area contributed by atoms with Gasteiger partial charge in [0.1, 0.15) is 0 Å². The third-order valence-electron chi connectivity index (χ3n) is 4.09. The van der Waals surface area contributed by atoms with E-state index in [1.54, 1.807) is 0 Å². The Hall–Kier alpha value is -0.830. The van der Waals surface area contributed by atoms with Crippen LogP contribution in [0.2, 0.25) is 0 Å². The van der Waals surface area contributed by atoms with Gasteiger partial charge in [-0.15, -0.1) is 0 Å². The summed E-state index contributed by atoms with van der Waals surface area (Å²) in [5.74, 6) is 0.408. The van der Waals surface area contributed by atoms with Crippen LogP contribution in [0.1, 0.15) is 39.0 Å². The molecule has 0 aromatic carbocycles. The highest BCUT2D eigenvalue weighted by Crippen LogP contribution is 2.36. The lowest BCUT2D eigenvalue weighted by atomic mass is 9.74. The Morgan fingerprint density at radius 2 is 2.12 bits per heavy atom. The average Bonchev–Trinajstić information content (AvgIpc) is 2.40. The molecule has 96 valence electrons. The van der Waals surface area contributed by atoms with Gasteiger partial charge < -0.3 is 10.2 Å². The van der Waals surface area contributed by atoms with E-state index in [0.717, 1.165) is 58.3 Å². The Bertz CT molecular complexity index is 287. The van der Waals surface area contributed by atoms with Gasteiger partial charge in [0.05, 0.1) is 5.41 Å². The smallest absolute Gasteiger partial charge is 0.229 e. The molecule has 0 aliphatic carbocycles. The Morgan fingerprint density at radius 1 is 1.35 bits per heavy atom. The van der Waals surface area contributed by atoms with Gasteiger partial charge >= 0.3 is 0 Å². The van der Waals surface area contributed by atoms with Crippen molar-refractivity contribution >= 4 is 5.91 Å². The maximum Gasteiger partial charge on any atom is 0.229 e. The Kier molecular flexibility index (Phi) is 4.21. The maximum absolute atomic E-state index is 12.7. The predicted molar refractivity (Wildman–Crippen MR) is 69.8 cm³/mol. The Labute approximate surface area is 104 Å². The number of carbonyl (C=O) groups excluding carboxylic acids is 1. The maximum atomic E-state index is 12.7. The minimum atomic E-state index is -0.0643. The van der Waals surface area contributed by atoms with Crippen LogP contribution in [0.4, 0.5) is 0 Å². The number of carbonyl (C=O) groups is 1. The number of piperidine rings is 1. The third kappa shape index (κ3) is 2.71. The summed E-state index contributed by atoms with van der Waals surface area (Å²) < 4.78 is 0. The van der Waals surface area contributed by atoms with Gasteiger partial charge in [0.15, 0.2) is 0 Å². The zero-order chi connectivity index (χ0) is 12.1. The van der Waals surface area contributed by atoms with Crippen LogP contribution >= 0.6 is 0 Å². The first-order valence-corrected chi connectivity index (χ1v) is 6.93. The summed E-state index contributed by atoms with van der Waals surface area (Å²) in [4.78, 5) is 14.8. The van der Waals surface area contributed by atoms with Crippen LogP contribution in [0.3, 0.4) is 0 Å². The monoisotopic (exact) mass is 236 g/mol. The van der Waals surface area contributed by atoms with Gasteiger partial charge in [-0.05, 0) is 38.8 Å². The molecule has 2 heterocycles. The van der Waals surface area contributed by atoms with Gasteiger partial charge in [-0.3, -0.25) is 4.79 Å². The van der Waals surface area contributed by atoms with E-state index in [-0.39, 0.29) is 5.41 Å². The predicted octanol–water partition coefficient (Wildman–Crippen LogP) is 1.94. The van der Waals surface area contributed by atoms with E-state index in [2.05, 4.69) is 29.3 Å². The first-order chi connectivity index (χ1) is 8.28. The molecule has 0 aromatic rings. The molecule has 3 heteroatoms. The normalized spacial score (nSPS) is 23.7. The van der Waals surface area contributed by atoms with Crippen LogP contribution < -0.4 is 5.32 Å². The molecule has 0 aromatic heterocycles. The lowest BCUT2D eigenvalue weighted by molar-refractivity contribution is -0.144. The second-order valence-electron chi connectivity index (χ2n) is 5.29. The van der Waals surface area contributed by atoms with Crippen molar-refractivity contribution in [2.75, 3.05) is 26.2 Å².